The number of nitrogens with one attached hydrogen (secondary N) is 1. The number of aromatic nitrogens is 3. The Labute approximate surface area is 147 Å². The van der Waals surface area contributed by atoms with Gasteiger partial charge in [-0.2, -0.15) is 0 Å². The first-order chi connectivity index (χ1) is 12.1. The molecule has 0 saturated carbocycles. The van der Waals surface area contributed by atoms with E-state index in [2.05, 4.69) is 28.0 Å². The number of nitrogens with zero attached hydrogens (tertiary/aromatic N) is 4. The quantitative estimate of drug-likeness (QED) is 0.671. The van der Waals surface area contributed by atoms with Crippen LogP contribution < -0.4 is 4.90 Å². The number of hydrogen-bond acceptors (Lipinski definition) is 6. The summed E-state index contributed by atoms with van der Waals surface area (Å²) in [4.78, 5) is 16.1. The fraction of sp³-hybridized carbons (Fsp3) is 0.263. The van der Waals surface area contributed by atoms with E-state index in [9.17, 15) is 0 Å². The topological polar surface area (TPSA) is 75.0 Å². The zero-order valence-electron chi connectivity index (χ0n) is 14.3. The van der Waals surface area contributed by atoms with Crippen molar-refractivity contribution in [2.75, 3.05) is 31.2 Å². The van der Waals surface area contributed by atoms with Crippen LogP contribution in [-0.2, 0) is 4.74 Å². The molecule has 0 radical (unpaired) electrons. The number of morpholine rings is 1. The molecule has 0 aromatic carbocycles. The Morgan fingerprint density at radius 1 is 1.24 bits per heavy atom. The molecule has 6 heteroatoms. The third-order valence-corrected chi connectivity index (χ3v) is 4.03. The van der Waals surface area contributed by atoms with Crippen LogP contribution in [0.15, 0.2) is 37.6 Å². The van der Waals surface area contributed by atoms with E-state index >= 15 is 0 Å². The highest BCUT2D eigenvalue weighted by molar-refractivity contribution is 6.08. The second-order valence-corrected chi connectivity index (χ2v) is 5.76. The van der Waals surface area contributed by atoms with Gasteiger partial charge in [-0.15, -0.1) is 0 Å². The van der Waals surface area contributed by atoms with Gasteiger partial charge in [0.05, 0.1) is 18.7 Å². The minimum absolute atomic E-state index is 0.575. The number of allylic oxidation sites excluding steroid dienone is 4. The zero-order valence-corrected chi connectivity index (χ0v) is 14.3. The molecule has 128 valence electrons. The average Bonchev–Trinajstić information content (AvgIpc) is 2.66. The lowest BCUT2D eigenvalue weighted by Crippen LogP contribution is -2.37. The van der Waals surface area contributed by atoms with Crippen molar-refractivity contribution in [3.63, 3.8) is 0 Å². The van der Waals surface area contributed by atoms with Crippen molar-refractivity contribution in [2.45, 2.75) is 6.92 Å². The number of rotatable bonds is 5. The van der Waals surface area contributed by atoms with Crippen LogP contribution in [0.2, 0.25) is 0 Å². The molecule has 0 amide bonds. The Kier molecular flexibility index (Phi) is 5.00. The van der Waals surface area contributed by atoms with E-state index in [1.807, 2.05) is 25.1 Å². The average molecular weight is 335 g/mol. The standard InChI is InChI=1S/C19H21N5O/c1-4-5-13(2)18-22-16-10-15(14(3)11-20)12-21-17(16)19(23-18)24-6-8-25-9-7-24/h4-5,10-12,20H,2-3,6-9H2,1H3. The summed E-state index contributed by atoms with van der Waals surface area (Å²) in [7, 11) is 0. The van der Waals surface area contributed by atoms with Crippen LogP contribution in [0.1, 0.15) is 18.3 Å². The predicted molar refractivity (Wildman–Crippen MR) is 102 cm³/mol. The maximum atomic E-state index is 7.39. The third-order valence-electron chi connectivity index (χ3n) is 4.03. The second-order valence-electron chi connectivity index (χ2n) is 5.76. The van der Waals surface area contributed by atoms with Crippen LogP contribution in [0.5, 0.6) is 0 Å². The van der Waals surface area contributed by atoms with Crippen LogP contribution in [0.4, 0.5) is 5.82 Å². The smallest absolute Gasteiger partial charge is 0.161 e. The van der Waals surface area contributed by atoms with Crippen LogP contribution >= 0.6 is 0 Å². The molecular formula is C19H21N5O. The van der Waals surface area contributed by atoms with Gasteiger partial charge in [0.25, 0.3) is 0 Å². The number of hydrogen-bond donors (Lipinski definition) is 1. The first kappa shape index (κ1) is 17.0. The van der Waals surface area contributed by atoms with Gasteiger partial charge in [-0.3, -0.25) is 4.98 Å². The zero-order chi connectivity index (χ0) is 17.8. The molecule has 0 aliphatic carbocycles. The number of pyridine rings is 1. The highest BCUT2D eigenvalue weighted by Crippen LogP contribution is 2.26. The molecule has 6 nitrogen and oxygen atoms in total. The summed E-state index contributed by atoms with van der Waals surface area (Å²) in [5, 5.41) is 7.39. The fourth-order valence-corrected chi connectivity index (χ4v) is 2.68. The first-order valence-corrected chi connectivity index (χ1v) is 8.16. The number of anilines is 1. The van der Waals surface area contributed by atoms with E-state index in [1.54, 1.807) is 6.20 Å². The fourth-order valence-electron chi connectivity index (χ4n) is 2.68. The van der Waals surface area contributed by atoms with Crippen molar-refractivity contribution in [3.8, 4) is 0 Å². The molecule has 2 aromatic heterocycles. The molecule has 0 bridgehead atoms. The van der Waals surface area contributed by atoms with Crippen molar-refractivity contribution in [1.82, 2.24) is 15.0 Å². The van der Waals surface area contributed by atoms with E-state index < -0.39 is 0 Å². The van der Waals surface area contributed by atoms with Crippen molar-refractivity contribution >= 4 is 34.2 Å². The normalized spacial score (nSPS) is 14.8. The molecule has 1 saturated heterocycles. The van der Waals surface area contributed by atoms with E-state index in [-0.39, 0.29) is 0 Å². The van der Waals surface area contributed by atoms with E-state index in [1.165, 1.54) is 6.21 Å². The summed E-state index contributed by atoms with van der Waals surface area (Å²) < 4.78 is 5.44. The largest absolute Gasteiger partial charge is 0.378 e. The monoisotopic (exact) mass is 335 g/mol. The Morgan fingerprint density at radius 3 is 2.68 bits per heavy atom. The number of ether oxygens (including phenoxy) is 1. The van der Waals surface area contributed by atoms with E-state index in [0.29, 0.717) is 24.6 Å². The molecule has 25 heavy (non-hydrogen) atoms. The van der Waals surface area contributed by atoms with Crippen molar-refractivity contribution in [1.29, 1.82) is 5.41 Å². The lowest BCUT2D eigenvalue weighted by atomic mass is 10.1. The van der Waals surface area contributed by atoms with Gasteiger partial charge in [-0.05, 0) is 18.6 Å². The molecule has 1 fully saturated rings. The van der Waals surface area contributed by atoms with Crippen LogP contribution in [0, 0.1) is 5.41 Å². The van der Waals surface area contributed by atoms with Gasteiger partial charge in [0.1, 0.15) is 5.52 Å². The van der Waals surface area contributed by atoms with E-state index in [4.69, 9.17) is 15.1 Å². The molecule has 3 rings (SSSR count). The van der Waals surface area contributed by atoms with Crippen LogP contribution in [0.25, 0.3) is 22.2 Å². The highest BCUT2D eigenvalue weighted by atomic mass is 16.5. The molecule has 1 aliphatic heterocycles. The molecule has 3 heterocycles. The SMILES string of the molecule is C=C(C=N)c1cnc2c(N3CCOCC3)nc(C(=C)C=CC)nc2c1. The maximum absolute atomic E-state index is 7.39. The van der Waals surface area contributed by atoms with Crippen LogP contribution in [0.3, 0.4) is 0 Å². The van der Waals surface area contributed by atoms with Gasteiger partial charge < -0.3 is 15.0 Å². The number of fused-ring (bicyclic) bond motifs is 1. The Bertz CT molecular complexity index is 865. The minimum Gasteiger partial charge on any atom is -0.378 e. The summed E-state index contributed by atoms with van der Waals surface area (Å²) in [6.07, 6.45) is 6.73. The molecule has 0 unspecified atom stereocenters. The lowest BCUT2D eigenvalue weighted by molar-refractivity contribution is 0.122. The first-order valence-electron chi connectivity index (χ1n) is 8.16. The summed E-state index contributed by atoms with van der Waals surface area (Å²) in [5.74, 6) is 1.37. The predicted octanol–water partition coefficient (Wildman–Crippen LogP) is 3.11. The van der Waals surface area contributed by atoms with Gasteiger partial charge in [0, 0.05) is 36.6 Å². The van der Waals surface area contributed by atoms with Crippen LogP contribution in [-0.4, -0.2) is 47.5 Å². The summed E-state index contributed by atoms with van der Waals surface area (Å²) >= 11 is 0. The summed E-state index contributed by atoms with van der Waals surface area (Å²) in [6.45, 7) is 12.7. The molecule has 0 atom stereocenters. The molecule has 1 aliphatic rings. The minimum atomic E-state index is 0.575. The summed E-state index contributed by atoms with van der Waals surface area (Å²) in [5.41, 5.74) is 3.57. The maximum Gasteiger partial charge on any atom is 0.161 e. The van der Waals surface area contributed by atoms with Gasteiger partial charge in [0.2, 0.25) is 0 Å². The van der Waals surface area contributed by atoms with Gasteiger partial charge in [-0.25, -0.2) is 9.97 Å². The van der Waals surface area contributed by atoms with Crippen molar-refractivity contribution in [2.24, 2.45) is 0 Å². The van der Waals surface area contributed by atoms with Crippen molar-refractivity contribution in [3.05, 3.63) is 49.0 Å². The summed E-state index contributed by atoms with van der Waals surface area (Å²) in [6, 6.07) is 1.90. The second kappa shape index (κ2) is 7.36. The molecule has 2 aromatic rings. The van der Waals surface area contributed by atoms with Gasteiger partial charge in [-0.1, -0.05) is 25.3 Å². The molecule has 0 spiro atoms. The van der Waals surface area contributed by atoms with Gasteiger partial charge >= 0.3 is 0 Å². The Hall–Kier alpha value is -2.86. The van der Waals surface area contributed by atoms with Crippen molar-refractivity contribution < 1.29 is 4.74 Å². The highest BCUT2D eigenvalue weighted by Gasteiger charge is 2.19. The Balaban J connectivity index is 2.18. The molecule has 1 N–H and O–H groups in total. The Morgan fingerprint density at radius 2 is 2.00 bits per heavy atom. The van der Waals surface area contributed by atoms with Gasteiger partial charge in [0.15, 0.2) is 11.6 Å². The molecular weight excluding hydrogens is 314 g/mol. The third kappa shape index (κ3) is 3.49. The van der Waals surface area contributed by atoms with E-state index in [0.717, 1.165) is 41.1 Å². The lowest BCUT2D eigenvalue weighted by Gasteiger charge is -2.28.